The summed E-state index contributed by atoms with van der Waals surface area (Å²) in [5.41, 5.74) is 2.18. The standard InChI is InChI=1S/C22H28NSi/c1-15-12-16(2)17(3)21(13-15)22-20-9-8-19(24(5,6)7)14-18(20)10-11-23(22)4/h8-14H,1-7H3/q+1/i1D3,2D3. The van der Waals surface area contributed by atoms with Gasteiger partial charge in [0.1, 0.15) is 7.05 Å². The van der Waals surface area contributed by atoms with Crippen molar-refractivity contribution in [2.45, 2.75) is 40.3 Å². The summed E-state index contributed by atoms with van der Waals surface area (Å²) >= 11 is 0. The molecular weight excluding hydrogens is 306 g/mol. The van der Waals surface area contributed by atoms with Crippen LogP contribution in [0.15, 0.2) is 42.6 Å². The molecule has 0 atom stereocenters. The van der Waals surface area contributed by atoms with Crippen molar-refractivity contribution in [3.05, 3.63) is 59.3 Å². The van der Waals surface area contributed by atoms with E-state index in [0.29, 0.717) is 11.1 Å². The molecule has 0 N–H and O–H groups in total. The number of rotatable bonds is 2. The molecule has 1 aromatic heterocycles. The molecule has 124 valence electrons. The zero-order valence-electron chi connectivity index (χ0n) is 21.0. The van der Waals surface area contributed by atoms with Crippen LogP contribution in [-0.4, -0.2) is 8.07 Å². The second kappa shape index (κ2) is 5.85. The van der Waals surface area contributed by atoms with Crippen LogP contribution in [0, 0.1) is 20.6 Å². The van der Waals surface area contributed by atoms with Crippen LogP contribution in [0.25, 0.3) is 22.0 Å². The minimum atomic E-state index is -2.39. The highest BCUT2D eigenvalue weighted by Gasteiger charge is 2.21. The highest BCUT2D eigenvalue weighted by molar-refractivity contribution is 6.88. The smallest absolute Gasteiger partial charge is 0.200 e. The number of fused-ring (bicyclic) bond motifs is 1. The van der Waals surface area contributed by atoms with E-state index in [-0.39, 0.29) is 11.1 Å². The molecule has 1 nitrogen and oxygen atoms in total. The van der Waals surface area contributed by atoms with E-state index in [1.807, 2.05) is 17.8 Å². The summed E-state index contributed by atoms with van der Waals surface area (Å²) < 4.78 is 49.3. The van der Waals surface area contributed by atoms with Crippen LogP contribution in [-0.2, 0) is 7.05 Å². The first kappa shape index (κ1) is 10.8. The first-order valence-corrected chi connectivity index (χ1v) is 11.7. The quantitative estimate of drug-likeness (QED) is 0.466. The lowest BCUT2D eigenvalue weighted by Gasteiger charge is -2.18. The molecule has 0 aliphatic rings. The summed E-state index contributed by atoms with van der Waals surface area (Å²) in [4.78, 5) is 0. The first-order valence-electron chi connectivity index (χ1n) is 11.2. The normalized spacial score (nSPS) is 16.7. The topological polar surface area (TPSA) is 3.88 Å². The minimum absolute atomic E-state index is 0.0462. The molecule has 0 saturated heterocycles. The van der Waals surface area contributed by atoms with Gasteiger partial charge in [0.2, 0.25) is 5.69 Å². The van der Waals surface area contributed by atoms with E-state index in [1.54, 1.807) is 13.0 Å². The van der Waals surface area contributed by atoms with E-state index >= 15 is 0 Å². The number of nitrogens with zero attached hydrogens (tertiary/aromatic N) is 1. The van der Waals surface area contributed by atoms with E-state index in [9.17, 15) is 0 Å². The average molecular weight is 341 g/mol. The minimum Gasteiger partial charge on any atom is -0.200 e. The Balaban J connectivity index is 2.41. The molecule has 0 spiro atoms. The van der Waals surface area contributed by atoms with Crippen LogP contribution in [0.4, 0.5) is 0 Å². The van der Waals surface area contributed by atoms with Crippen molar-refractivity contribution >= 4 is 24.0 Å². The van der Waals surface area contributed by atoms with Crippen molar-refractivity contribution in [1.82, 2.24) is 0 Å². The summed E-state index contributed by atoms with van der Waals surface area (Å²) in [6, 6.07) is 11.4. The molecule has 3 aromatic rings. The zero-order chi connectivity index (χ0) is 22.6. The molecule has 0 saturated carbocycles. The van der Waals surface area contributed by atoms with Crippen molar-refractivity contribution < 1.29 is 12.8 Å². The van der Waals surface area contributed by atoms with Gasteiger partial charge in [-0.05, 0) is 49.3 Å². The molecule has 1 heterocycles. The Hall–Kier alpha value is -1.93. The highest BCUT2D eigenvalue weighted by Crippen LogP contribution is 2.30. The third-order valence-corrected chi connectivity index (χ3v) is 6.71. The molecule has 0 aliphatic heterocycles. The van der Waals surface area contributed by atoms with Gasteiger partial charge in [0.25, 0.3) is 0 Å². The van der Waals surface area contributed by atoms with Gasteiger partial charge in [-0.25, -0.2) is 4.57 Å². The zero-order valence-corrected chi connectivity index (χ0v) is 16.0. The summed E-state index contributed by atoms with van der Waals surface area (Å²) in [5, 5.41) is 3.38. The van der Waals surface area contributed by atoms with Crippen LogP contribution in [0.3, 0.4) is 0 Å². The number of hydrogen-bond acceptors (Lipinski definition) is 0. The van der Waals surface area contributed by atoms with Crippen LogP contribution in [0.2, 0.25) is 19.6 Å². The Morgan fingerprint density at radius 1 is 1.00 bits per heavy atom. The van der Waals surface area contributed by atoms with Gasteiger partial charge < -0.3 is 0 Å². The predicted molar refractivity (Wildman–Crippen MR) is 108 cm³/mol. The largest absolute Gasteiger partial charge is 0.220 e. The lowest BCUT2D eigenvalue weighted by molar-refractivity contribution is -0.659. The molecule has 0 radical (unpaired) electrons. The summed E-state index contributed by atoms with van der Waals surface area (Å²) in [5.74, 6) is 0. The van der Waals surface area contributed by atoms with E-state index in [4.69, 9.17) is 8.22 Å². The number of hydrogen-bond donors (Lipinski definition) is 0. The van der Waals surface area contributed by atoms with Crippen molar-refractivity contribution in [3.63, 3.8) is 0 Å². The maximum atomic E-state index is 7.93. The van der Waals surface area contributed by atoms with E-state index in [2.05, 4.69) is 43.9 Å². The second-order valence-corrected chi connectivity index (χ2v) is 12.6. The molecule has 0 amide bonds. The summed E-state index contributed by atoms with van der Waals surface area (Å²) in [7, 11) is 0.406. The van der Waals surface area contributed by atoms with Crippen molar-refractivity contribution in [2.24, 2.45) is 7.05 Å². The molecule has 24 heavy (non-hydrogen) atoms. The molecule has 0 aliphatic carbocycles. The van der Waals surface area contributed by atoms with Crippen molar-refractivity contribution in [2.75, 3.05) is 0 Å². The number of benzene rings is 2. The third kappa shape index (κ3) is 2.91. The maximum absolute atomic E-state index is 7.93. The Kier molecular flexibility index (Phi) is 2.64. The molecule has 2 heteroatoms. The Morgan fingerprint density at radius 2 is 1.79 bits per heavy atom. The van der Waals surface area contributed by atoms with Gasteiger partial charge in [0.05, 0.1) is 19.0 Å². The van der Waals surface area contributed by atoms with Gasteiger partial charge in [0, 0.05) is 14.3 Å². The molecule has 3 rings (SSSR count). The lowest BCUT2D eigenvalue weighted by atomic mass is 9.95. The van der Waals surface area contributed by atoms with Crippen LogP contribution in [0.1, 0.15) is 24.9 Å². The molecular formula is C22H28NSi+. The van der Waals surface area contributed by atoms with E-state index < -0.39 is 21.8 Å². The van der Waals surface area contributed by atoms with Gasteiger partial charge >= 0.3 is 0 Å². The van der Waals surface area contributed by atoms with Crippen LogP contribution >= 0.6 is 0 Å². The van der Waals surface area contributed by atoms with Crippen LogP contribution in [0.5, 0.6) is 0 Å². The Morgan fingerprint density at radius 3 is 2.46 bits per heavy atom. The van der Waals surface area contributed by atoms with Gasteiger partial charge in [0.15, 0.2) is 6.20 Å². The number of pyridine rings is 1. The third-order valence-electron chi connectivity index (χ3n) is 4.67. The van der Waals surface area contributed by atoms with E-state index in [0.717, 1.165) is 16.5 Å². The second-order valence-electron chi connectivity index (χ2n) is 7.52. The molecule has 0 fully saturated rings. The Bertz CT molecular complexity index is 1120. The van der Waals surface area contributed by atoms with Crippen molar-refractivity contribution in [3.8, 4) is 11.3 Å². The number of aryl methyl sites for hydroxylation is 3. The Labute approximate surface area is 155 Å². The predicted octanol–water partition coefficient (Wildman–Crippen LogP) is 4.80. The fourth-order valence-electron chi connectivity index (χ4n) is 3.13. The number of aromatic nitrogens is 1. The first-order chi connectivity index (χ1) is 13.6. The van der Waals surface area contributed by atoms with Gasteiger partial charge in [-0.3, -0.25) is 0 Å². The van der Waals surface area contributed by atoms with Gasteiger partial charge in [-0.15, -0.1) is 0 Å². The molecule has 0 bridgehead atoms. The fourth-order valence-corrected chi connectivity index (χ4v) is 4.31. The lowest BCUT2D eigenvalue weighted by Crippen LogP contribution is -2.37. The monoisotopic (exact) mass is 340 g/mol. The summed E-state index contributed by atoms with van der Waals surface area (Å²) in [6.07, 6.45) is 1.95. The SMILES string of the molecule is [2H]C([2H])([2H])c1cc(-c2c3ccc([Si](C)(C)C)cc3cc[n+]2C)c(C)c(C([2H])([2H])[2H])c1. The van der Waals surface area contributed by atoms with E-state index in [1.165, 1.54) is 11.3 Å². The van der Waals surface area contributed by atoms with Crippen molar-refractivity contribution in [1.29, 1.82) is 0 Å². The van der Waals surface area contributed by atoms with Crippen LogP contribution < -0.4 is 9.75 Å². The van der Waals surface area contributed by atoms with Gasteiger partial charge in [-0.2, -0.15) is 0 Å². The highest BCUT2D eigenvalue weighted by atomic mass is 28.3. The maximum Gasteiger partial charge on any atom is 0.220 e. The fraction of sp³-hybridized carbons (Fsp3) is 0.318. The molecule has 2 aromatic carbocycles. The molecule has 0 unspecified atom stereocenters. The van der Waals surface area contributed by atoms with Gasteiger partial charge in [-0.1, -0.05) is 48.6 Å². The average Bonchev–Trinajstić information content (AvgIpc) is 2.59. The summed E-state index contributed by atoms with van der Waals surface area (Å²) in [6.45, 7) is 3.86.